The van der Waals surface area contributed by atoms with E-state index in [0.29, 0.717) is 12.1 Å². The number of rotatable bonds is 6. The molecule has 0 radical (unpaired) electrons. The van der Waals surface area contributed by atoms with E-state index in [9.17, 15) is 4.79 Å². The zero-order valence-corrected chi connectivity index (χ0v) is 15.1. The molecule has 6 nitrogen and oxygen atoms in total. The van der Waals surface area contributed by atoms with Crippen LogP contribution in [-0.2, 0) is 4.79 Å². The first-order valence-corrected chi connectivity index (χ1v) is 7.04. The number of aryl methyl sites for hydroxylation is 2. The first-order valence-electron chi connectivity index (χ1n) is 7.04. The Hall–Kier alpha value is -1.63. The number of pyridine rings is 1. The van der Waals surface area contributed by atoms with E-state index in [1.165, 1.54) is 0 Å². The second-order valence-electron chi connectivity index (χ2n) is 5.00. The predicted octanol–water partition coefficient (Wildman–Crippen LogP) is 2.67. The number of carbonyl (C=O) groups excluding carboxylic acids is 1. The molecule has 0 bridgehead atoms. The van der Waals surface area contributed by atoms with Gasteiger partial charge in [-0.25, -0.2) is 9.67 Å². The quantitative estimate of drug-likeness (QED) is 0.777. The Morgan fingerprint density at radius 1 is 1.26 bits per heavy atom. The van der Waals surface area contributed by atoms with Crippen LogP contribution in [0.5, 0.6) is 0 Å². The van der Waals surface area contributed by atoms with Gasteiger partial charge in [0.05, 0.1) is 17.6 Å². The van der Waals surface area contributed by atoms with Gasteiger partial charge in [-0.3, -0.25) is 4.79 Å². The van der Waals surface area contributed by atoms with E-state index in [1.54, 1.807) is 10.9 Å². The Balaban J connectivity index is 0.00000242. The van der Waals surface area contributed by atoms with Crippen molar-refractivity contribution >= 4 is 36.4 Å². The number of anilines is 1. The largest absolute Gasteiger partial charge is 0.325 e. The van der Waals surface area contributed by atoms with Crippen LogP contribution in [0.15, 0.2) is 24.4 Å². The second-order valence-corrected chi connectivity index (χ2v) is 5.00. The van der Waals surface area contributed by atoms with Crippen molar-refractivity contribution in [3.8, 4) is 5.82 Å². The number of hydrogen-bond acceptors (Lipinski definition) is 4. The number of halogens is 2. The summed E-state index contributed by atoms with van der Waals surface area (Å²) in [5, 5.41) is 10.2. The van der Waals surface area contributed by atoms with Gasteiger partial charge < -0.3 is 10.6 Å². The van der Waals surface area contributed by atoms with Gasteiger partial charge in [-0.15, -0.1) is 24.8 Å². The lowest BCUT2D eigenvalue weighted by Crippen LogP contribution is -2.15. The minimum Gasteiger partial charge on any atom is -0.325 e. The van der Waals surface area contributed by atoms with Crippen molar-refractivity contribution < 1.29 is 4.79 Å². The molecule has 1 amide bonds. The van der Waals surface area contributed by atoms with Gasteiger partial charge in [-0.05, 0) is 52.1 Å². The third kappa shape index (κ3) is 6.17. The molecular weight excluding hydrogens is 337 g/mol. The zero-order valence-electron chi connectivity index (χ0n) is 13.5. The molecule has 2 aromatic rings. The van der Waals surface area contributed by atoms with Gasteiger partial charge in [0, 0.05) is 12.1 Å². The summed E-state index contributed by atoms with van der Waals surface area (Å²) in [6.07, 6.45) is 2.97. The van der Waals surface area contributed by atoms with Gasteiger partial charge in [-0.1, -0.05) is 0 Å². The lowest BCUT2D eigenvalue weighted by Gasteiger charge is -2.07. The van der Waals surface area contributed by atoms with Gasteiger partial charge in [0.15, 0.2) is 5.82 Å². The minimum absolute atomic E-state index is 0. The van der Waals surface area contributed by atoms with Crippen molar-refractivity contribution in [1.29, 1.82) is 0 Å². The smallest absolute Gasteiger partial charge is 0.224 e. The van der Waals surface area contributed by atoms with E-state index in [1.807, 2.05) is 39.1 Å². The van der Waals surface area contributed by atoms with Crippen LogP contribution in [-0.4, -0.2) is 34.3 Å². The third-order valence-corrected chi connectivity index (χ3v) is 3.09. The average Bonchev–Trinajstić information content (AvgIpc) is 2.79. The monoisotopic (exact) mass is 359 g/mol. The number of hydrogen-bond donors (Lipinski definition) is 2. The van der Waals surface area contributed by atoms with Gasteiger partial charge in [0.2, 0.25) is 5.91 Å². The van der Waals surface area contributed by atoms with Crippen molar-refractivity contribution in [3.05, 3.63) is 35.8 Å². The summed E-state index contributed by atoms with van der Waals surface area (Å²) in [5.41, 5.74) is 2.69. The maximum atomic E-state index is 11.7. The summed E-state index contributed by atoms with van der Waals surface area (Å²) in [6, 6.07) is 5.69. The fourth-order valence-electron chi connectivity index (χ4n) is 2.10. The molecule has 0 aliphatic rings. The molecule has 128 valence electrons. The topological polar surface area (TPSA) is 71.8 Å². The summed E-state index contributed by atoms with van der Waals surface area (Å²) < 4.78 is 1.79. The van der Waals surface area contributed by atoms with Crippen LogP contribution in [0.25, 0.3) is 5.82 Å². The molecule has 2 rings (SSSR count). The van der Waals surface area contributed by atoms with E-state index >= 15 is 0 Å². The molecule has 0 atom stereocenters. The molecular formula is C15H23Cl2N5O. The molecule has 2 N–H and O–H groups in total. The SMILES string of the molecule is CNCCCC(=O)Nc1ccc(-n2nc(C)cc2C)nc1.Cl.Cl. The molecule has 8 heteroatoms. The highest BCUT2D eigenvalue weighted by Crippen LogP contribution is 2.12. The third-order valence-electron chi connectivity index (χ3n) is 3.09. The van der Waals surface area contributed by atoms with Crippen LogP contribution in [0.3, 0.4) is 0 Å². The Kier molecular flexibility index (Phi) is 9.48. The standard InChI is InChI=1S/C15H21N5O.2ClH/c1-11-9-12(2)20(19-11)14-7-6-13(10-17-14)18-15(21)5-4-8-16-3;;/h6-7,9-10,16H,4-5,8H2,1-3H3,(H,18,21);2*1H. The molecule has 0 saturated heterocycles. The molecule has 23 heavy (non-hydrogen) atoms. The maximum absolute atomic E-state index is 11.7. The zero-order chi connectivity index (χ0) is 15.2. The summed E-state index contributed by atoms with van der Waals surface area (Å²) in [4.78, 5) is 16.1. The van der Waals surface area contributed by atoms with Gasteiger partial charge in [0.25, 0.3) is 0 Å². The molecule has 0 saturated carbocycles. The molecule has 0 aliphatic carbocycles. The highest BCUT2D eigenvalue weighted by atomic mass is 35.5. The Bertz CT molecular complexity index is 613. The number of amides is 1. The molecule has 2 aromatic heterocycles. The summed E-state index contributed by atoms with van der Waals surface area (Å²) >= 11 is 0. The van der Waals surface area contributed by atoms with Crippen LogP contribution >= 0.6 is 24.8 Å². The minimum atomic E-state index is 0. The second kappa shape index (κ2) is 10.2. The summed E-state index contributed by atoms with van der Waals surface area (Å²) in [6.45, 7) is 4.77. The Labute approximate surface area is 148 Å². The number of nitrogens with one attached hydrogen (secondary N) is 2. The van der Waals surface area contributed by atoms with E-state index in [0.717, 1.165) is 30.2 Å². The lowest BCUT2D eigenvalue weighted by atomic mass is 10.3. The van der Waals surface area contributed by atoms with Crippen molar-refractivity contribution in [2.75, 3.05) is 18.9 Å². The number of aromatic nitrogens is 3. The first kappa shape index (κ1) is 21.4. The van der Waals surface area contributed by atoms with Gasteiger partial charge in [-0.2, -0.15) is 5.10 Å². The molecule has 0 spiro atoms. The highest BCUT2D eigenvalue weighted by Gasteiger charge is 2.06. The molecule has 0 aromatic carbocycles. The van der Waals surface area contributed by atoms with Crippen molar-refractivity contribution in [2.45, 2.75) is 26.7 Å². The number of carbonyl (C=O) groups is 1. The molecule has 2 heterocycles. The van der Waals surface area contributed by atoms with Crippen LogP contribution in [0.2, 0.25) is 0 Å². The van der Waals surface area contributed by atoms with Gasteiger partial charge in [0.1, 0.15) is 0 Å². The Morgan fingerprint density at radius 3 is 2.52 bits per heavy atom. The number of nitrogens with zero attached hydrogens (tertiary/aromatic N) is 3. The van der Waals surface area contributed by atoms with E-state index in [2.05, 4.69) is 20.7 Å². The van der Waals surface area contributed by atoms with Crippen LogP contribution in [0.1, 0.15) is 24.2 Å². The van der Waals surface area contributed by atoms with E-state index in [4.69, 9.17) is 0 Å². The molecule has 0 fully saturated rings. The fourth-order valence-corrected chi connectivity index (χ4v) is 2.10. The predicted molar refractivity (Wildman–Crippen MR) is 97.1 cm³/mol. The average molecular weight is 360 g/mol. The lowest BCUT2D eigenvalue weighted by molar-refractivity contribution is -0.116. The molecule has 0 unspecified atom stereocenters. The van der Waals surface area contributed by atoms with Crippen molar-refractivity contribution in [3.63, 3.8) is 0 Å². The fraction of sp³-hybridized carbons (Fsp3) is 0.400. The summed E-state index contributed by atoms with van der Waals surface area (Å²) in [5.74, 6) is 0.750. The van der Waals surface area contributed by atoms with E-state index < -0.39 is 0 Å². The maximum Gasteiger partial charge on any atom is 0.224 e. The Morgan fingerprint density at radius 2 is 2.00 bits per heavy atom. The first-order chi connectivity index (χ1) is 10.1. The van der Waals surface area contributed by atoms with Crippen LogP contribution in [0, 0.1) is 13.8 Å². The van der Waals surface area contributed by atoms with E-state index in [-0.39, 0.29) is 30.7 Å². The van der Waals surface area contributed by atoms with Crippen LogP contribution < -0.4 is 10.6 Å². The molecule has 0 aliphatic heterocycles. The van der Waals surface area contributed by atoms with Crippen molar-refractivity contribution in [2.24, 2.45) is 0 Å². The normalized spacial score (nSPS) is 9.70. The summed E-state index contributed by atoms with van der Waals surface area (Å²) in [7, 11) is 1.87. The van der Waals surface area contributed by atoms with Gasteiger partial charge >= 0.3 is 0 Å². The highest BCUT2D eigenvalue weighted by molar-refractivity contribution is 5.90. The van der Waals surface area contributed by atoms with Crippen molar-refractivity contribution in [1.82, 2.24) is 20.1 Å². The van der Waals surface area contributed by atoms with Crippen LogP contribution in [0.4, 0.5) is 5.69 Å².